The highest BCUT2D eigenvalue weighted by Gasteiger charge is 2.51. The summed E-state index contributed by atoms with van der Waals surface area (Å²) < 4.78 is 0. The van der Waals surface area contributed by atoms with E-state index in [0.29, 0.717) is 10.2 Å². The Morgan fingerprint density at radius 3 is 2.53 bits per heavy atom. The molecule has 0 bridgehead atoms. The van der Waals surface area contributed by atoms with Crippen LogP contribution < -0.4 is 5.32 Å². The van der Waals surface area contributed by atoms with Crippen LogP contribution in [0.25, 0.3) is 0 Å². The number of rotatable bonds is 3. The van der Waals surface area contributed by atoms with Crippen molar-refractivity contribution in [1.82, 2.24) is 10.2 Å². The minimum absolute atomic E-state index is 0.00836. The normalized spacial score (nSPS) is 16.1. The molecule has 1 aliphatic rings. The molecule has 1 aromatic carbocycles. The Labute approximate surface area is 119 Å². The molecule has 1 aromatic heterocycles. The molecule has 1 fully saturated rings. The molecule has 4 nitrogen and oxygen atoms in total. The summed E-state index contributed by atoms with van der Waals surface area (Å²) in [5.41, 5.74) is 0.597. The molecule has 19 heavy (non-hydrogen) atoms. The van der Waals surface area contributed by atoms with E-state index in [1.807, 2.05) is 31.2 Å². The lowest BCUT2D eigenvalue weighted by Crippen LogP contribution is -2.27. The number of carbonyl (C=O) groups is 1. The fourth-order valence-electron chi connectivity index (χ4n) is 2.10. The standard InChI is InChI=1S/C13H12ClN3OS/c1-8-16-17-12(19-8)15-11(18)13(6-7-13)9-2-4-10(14)5-3-9/h2-5H,6-7H2,1H3,(H,15,17,18). The monoisotopic (exact) mass is 293 g/mol. The van der Waals surface area contributed by atoms with Crippen molar-refractivity contribution in [3.63, 3.8) is 0 Å². The summed E-state index contributed by atoms with van der Waals surface area (Å²) in [4.78, 5) is 12.4. The van der Waals surface area contributed by atoms with E-state index in [-0.39, 0.29) is 5.91 Å². The highest BCUT2D eigenvalue weighted by molar-refractivity contribution is 7.15. The van der Waals surface area contributed by atoms with Crippen molar-refractivity contribution in [3.8, 4) is 0 Å². The van der Waals surface area contributed by atoms with Crippen LogP contribution in [0.2, 0.25) is 5.02 Å². The summed E-state index contributed by atoms with van der Waals surface area (Å²) in [6.07, 6.45) is 1.72. The van der Waals surface area contributed by atoms with Crippen LogP contribution in [0.3, 0.4) is 0 Å². The Hall–Kier alpha value is -1.46. The lowest BCUT2D eigenvalue weighted by molar-refractivity contribution is -0.118. The summed E-state index contributed by atoms with van der Waals surface area (Å²) in [6.45, 7) is 1.86. The van der Waals surface area contributed by atoms with E-state index >= 15 is 0 Å². The molecule has 0 unspecified atom stereocenters. The van der Waals surface area contributed by atoms with Gasteiger partial charge in [0.15, 0.2) is 0 Å². The van der Waals surface area contributed by atoms with Gasteiger partial charge in [-0.3, -0.25) is 10.1 Å². The lowest BCUT2D eigenvalue weighted by Gasteiger charge is -2.14. The highest BCUT2D eigenvalue weighted by Crippen LogP contribution is 2.49. The Morgan fingerprint density at radius 1 is 1.32 bits per heavy atom. The van der Waals surface area contributed by atoms with Crippen molar-refractivity contribution in [1.29, 1.82) is 0 Å². The van der Waals surface area contributed by atoms with Gasteiger partial charge in [0.05, 0.1) is 5.41 Å². The average Bonchev–Trinajstić information content (AvgIpc) is 3.10. The van der Waals surface area contributed by atoms with Gasteiger partial charge in [0.25, 0.3) is 0 Å². The molecule has 1 amide bonds. The Balaban J connectivity index is 1.81. The van der Waals surface area contributed by atoms with Crippen molar-refractivity contribution >= 4 is 34.0 Å². The molecule has 6 heteroatoms. The van der Waals surface area contributed by atoms with E-state index in [1.54, 1.807) is 0 Å². The molecule has 98 valence electrons. The number of anilines is 1. The first-order valence-electron chi connectivity index (χ1n) is 5.98. The van der Waals surface area contributed by atoms with Crippen LogP contribution in [0.15, 0.2) is 24.3 Å². The van der Waals surface area contributed by atoms with Crippen LogP contribution in [0, 0.1) is 6.92 Å². The molecular weight excluding hydrogens is 282 g/mol. The number of aromatic nitrogens is 2. The van der Waals surface area contributed by atoms with Crippen molar-refractivity contribution in [3.05, 3.63) is 39.9 Å². The van der Waals surface area contributed by atoms with Gasteiger partial charge < -0.3 is 0 Å². The lowest BCUT2D eigenvalue weighted by atomic mass is 9.95. The van der Waals surface area contributed by atoms with Gasteiger partial charge in [-0.2, -0.15) is 0 Å². The molecule has 1 aliphatic carbocycles. The van der Waals surface area contributed by atoms with Crippen LogP contribution in [-0.2, 0) is 10.2 Å². The predicted molar refractivity (Wildman–Crippen MR) is 75.6 cm³/mol. The summed E-state index contributed by atoms with van der Waals surface area (Å²) in [7, 11) is 0. The van der Waals surface area contributed by atoms with Crippen LogP contribution in [0.5, 0.6) is 0 Å². The first-order valence-corrected chi connectivity index (χ1v) is 7.17. The second-order valence-corrected chi connectivity index (χ2v) is 6.29. The number of benzene rings is 1. The summed E-state index contributed by atoms with van der Waals surface area (Å²) in [5, 5.41) is 12.7. The molecular formula is C13H12ClN3OS. The summed E-state index contributed by atoms with van der Waals surface area (Å²) >= 11 is 7.26. The Kier molecular flexibility index (Phi) is 3.03. The largest absolute Gasteiger partial charge is 0.300 e. The predicted octanol–water partition coefficient (Wildman–Crippen LogP) is 3.17. The molecule has 3 rings (SSSR count). The average molecular weight is 294 g/mol. The number of aryl methyl sites for hydroxylation is 1. The molecule has 0 atom stereocenters. The van der Waals surface area contributed by atoms with Crippen LogP contribution in [0.1, 0.15) is 23.4 Å². The third-order valence-electron chi connectivity index (χ3n) is 3.33. The van der Waals surface area contributed by atoms with Gasteiger partial charge in [0.2, 0.25) is 11.0 Å². The van der Waals surface area contributed by atoms with E-state index in [2.05, 4.69) is 15.5 Å². The number of hydrogen-bond donors (Lipinski definition) is 1. The van der Waals surface area contributed by atoms with Gasteiger partial charge >= 0.3 is 0 Å². The van der Waals surface area contributed by atoms with Gasteiger partial charge in [-0.15, -0.1) is 10.2 Å². The highest BCUT2D eigenvalue weighted by atomic mass is 35.5. The van der Waals surface area contributed by atoms with Crippen LogP contribution in [0.4, 0.5) is 5.13 Å². The summed E-state index contributed by atoms with van der Waals surface area (Å²) in [5.74, 6) is -0.00836. The zero-order chi connectivity index (χ0) is 13.5. The van der Waals surface area contributed by atoms with Gasteiger partial charge in [-0.05, 0) is 37.5 Å². The molecule has 1 saturated carbocycles. The van der Waals surface area contributed by atoms with Gasteiger partial charge in [0, 0.05) is 5.02 Å². The number of nitrogens with zero attached hydrogens (tertiary/aromatic N) is 2. The molecule has 1 heterocycles. The zero-order valence-electron chi connectivity index (χ0n) is 10.3. The van der Waals surface area contributed by atoms with E-state index in [9.17, 15) is 4.79 Å². The van der Waals surface area contributed by atoms with Gasteiger partial charge in [-0.25, -0.2) is 0 Å². The minimum Gasteiger partial charge on any atom is -0.300 e. The summed E-state index contributed by atoms with van der Waals surface area (Å²) in [6, 6.07) is 7.47. The number of hydrogen-bond acceptors (Lipinski definition) is 4. The van der Waals surface area contributed by atoms with Gasteiger partial charge in [-0.1, -0.05) is 35.1 Å². The maximum absolute atomic E-state index is 12.4. The van der Waals surface area contributed by atoms with Crippen molar-refractivity contribution in [2.24, 2.45) is 0 Å². The topological polar surface area (TPSA) is 54.9 Å². The van der Waals surface area contributed by atoms with Crippen molar-refractivity contribution in [2.75, 3.05) is 5.32 Å². The van der Waals surface area contributed by atoms with E-state index < -0.39 is 5.41 Å². The molecule has 0 radical (unpaired) electrons. The number of halogens is 1. The van der Waals surface area contributed by atoms with Crippen molar-refractivity contribution in [2.45, 2.75) is 25.2 Å². The number of amides is 1. The molecule has 0 aliphatic heterocycles. The fraction of sp³-hybridized carbons (Fsp3) is 0.308. The first-order chi connectivity index (χ1) is 9.10. The van der Waals surface area contributed by atoms with Crippen LogP contribution in [-0.4, -0.2) is 16.1 Å². The Bertz CT molecular complexity index is 619. The smallest absolute Gasteiger partial charge is 0.236 e. The Morgan fingerprint density at radius 2 is 2.00 bits per heavy atom. The van der Waals surface area contributed by atoms with Gasteiger partial charge in [0.1, 0.15) is 5.01 Å². The maximum atomic E-state index is 12.4. The third-order valence-corrected chi connectivity index (χ3v) is 4.33. The SMILES string of the molecule is Cc1nnc(NC(=O)C2(c3ccc(Cl)cc3)CC2)s1. The van der Waals surface area contributed by atoms with Crippen molar-refractivity contribution < 1.29 is 4.79 Å². The second-order valence-electron chi connectivity index (χ2n) is 4.67. The number of nitrogens with one attached hydrogen (secondary N) is 1. The minimum atomic E-state index is -0.413. The van der Waals surface area contributed by atoms with E-state index in [4.69, 9.17) is 11.6 Å². The molecule has 1 N–H and O–H groups in total. The van der Waals surface area contributed by atoms with Crippen LogP contribution >= 0.6 is 22.9 Å². The van der Waals surface area contributed by atoms with E-state index in [0.717, 1.165) is 23.4 Å². The number of carbonyl (C=O) groups excluding carboxylic acids is 1. The molecule has 2 aromatic rings. The molecule has 0 saturated heterocycles. The first kappa shape index (κ1) is 12.6. The zero-order valence-corrected chi connectivity index (χ0v) is 11.9. The fourth-order valence-corrected chi connectivity index (χ4v) is 2.82. The maximum Gasteiger partial charge on any atom is 0.236 e. The third kappa shape index (κ3) is 2.35. The van der Waals surface area contributed by atoms with E-state index in [1.165, 1.54) is 11.3 Å². The molecule has 0 spiro atoms. The second kappa shape index (κ2) is 4.58. The quantitative estimate of drug-likeness (QED) is 0.945.